The Labute approximate surface area is 191 Å². The molecule has 33 heavy (non-hydrogen) atoms. The van der Waals surface area contributed by atoms with Gasteiger partial charge in [0.2, 0.25) is 15.9 Å². The van der Waals surface area contributed by atoms with Gasteiger partial charge in [-0.25, -0.2) is 13.1 Å². The number of benzene rings is 3. The topological polar surface area (TPSA) is 131 Å². The second-order valence-corrected chi connectivity index (χ2v) is 8.81. The highest BCUT2D eigenvalue weighted by atomic mass is 32.2. The summed E-state index contributed by atoms with van der Waals surface area (Å²) in [4.78, 5) is 35.3. The number of carbonyl (C=O) groups is 3. The van der Waals surface area contributed by atoms with Gasteiger partial charge in [-0.1, -0.05) is 30.3 Å². The summed E-state index contributed by atoms with van der Waals surface area (Å²) in [6, 6.07) is 18.3. The van der Waals surface area contributed by atoms with Gasteiger partial charge in [-0.2, -0.15) is 0 Å². The summed E-state index contributed by atoms with van der Waals surface area (Å²) in [5, 5.41) is 6.79. The maximum Gasteiger partial charge on any atom is 0.325 e. The van der Waals surface area contributed by atoms with Crippen molar-refractivity contribution in [1.29, 1.82) is 0 Å². The van der Waals surface area contributed by atoms with Crippen molar-refractivity contribution in [3.63, 3.8) is 0 Å². The second-order valence-electron chi connectivity index (χ2n) is 7.04. The van der Waals surface area contributed by atoms with Gasteiger partial charge in [-0.15, -0.1) is 0 Å². The predicted molar refractivity (Wildman–Crippen MR) is 123 cm³/mol. The van der Waals surface area contributed by atoms with E-state index in [0.29, 0.717) is 11.3 Å². The summed E-state index contributed by atoms with van der Waals surface area (Å²) in [7, 11) is -2.53. The average Bonchev–Trinajstić information content (AvgIpc) is 2.82. The van der Waals surface area contributed by atoms with Gasteiger partial charge >= 0.3 is 5.97 Å². The number of methoxy groups -OCH3 is 1. The molecule has 0 radical (unpaired) electrons. The van der Waals surface area contributed by atoms with Crippen LogP contribution in [0.3, 0.4) is 0 Å². The maximum atomic E-state index is 12.5. The Bertz CT molecular complexity index is 1270. The molecule has 9 nitrogen and oxygen atoms in total. The molecule has 0 saturated heterocycles. The molecule has 0 aliphatic rings. The van der Waals surface area contributed by atoms with Gasteiger partial charge in [0, 0.05) is 24.2 Å². The fourth-order valence-corrected chi connectivity index (χ4v) is 4.04. The Morgan fingerprint density at radius 2 is 1.61 bits per heavy atom. The minimum Gasteiger partial charge on any atom is -0.468 e. The number of carbonyl (C=O) groups excluding carboxylic acids is 3. The van der Waals surface area contributed by atoms with Crippen LogP contribution < -0.4 is 15.4 Å². The van der Waals surface area contributed by atoms with Gasteiger partial charge in [0.1, 0.15) is 6.54 Å². The molecule has 0 spiro atoms. The highest BCUT2D eigenvalue weighted by Crippen LogP contribution is 2.18. The molecule has 0 atom stereocenters. The van der Waals surface area contributed by atoms with E-state index in [1.54, 1.807) is 12.1 Å². The van der Waals surface area contributed by atoms with Crippen LogP contribution in [0.5, 0.6) is 0 Å². The lowest BCUT2D eigenvalue weighted by Gasteiger charge is -2.09. The first kappa shape index (κ1) is 23.9. The number of rotatable bonds is 9. The third-order valence-electron chi connectivity index (χ3n) is 4.73. The molecule has 3 rings (SSSR count). The van der Waals surface area contributed by atoms with Gasteiger partial charge in [-0.05, 0) is 47.2 Å². The standard InChI is InChI=1S/C23H23N3O6S/c1-32-22(28)15-24-23(29)17-6-9-19(10-7-17)26-21(27)12-13-25-33(30,31)20-11-8-16-4-2-3-5-18(16)14-20/h2-11,14,25H,12-13,15H2,1H3,(H,24,29)(H,26,27). The van der Waals surface area contributed by atoms with Crippen molar-refractivity contribution >= 4 is 44.3 Å². The first-order chi connectivity index (χ1) is 15.8. The van der Waals surface area contributed by atoms with Crippen molar-refractivity contribution < 1.29 is 27.5 Å². The number of hydrogen-bond acceptors (Lipinski definition) is 6. The first-order valence-corrected chi connectivity index (χ1v) is 11.5. The molecule has 0 heterocycles. The highest BCUT2D eigenvalue weighted by molar-refractivity contribution is 7.89. The zero-order valence-electron chi connectivity index (χ0n) is 17.8. The lowest BCUT2D eigenvalue weighted by molar-refractivity contribution is -0.139. The molecule has 0 saturated carbocycles. The normalized spacial score (nSPS) is 11.1. The smallest absolute Gasteiger partial charge is 0.325 e. The molecule has 0 fully saturated rings. The average molecular weight is 470 g/mol. The quantitative estimate of drug-likeness (QED) is 0.411. The molecule has 0 aliphatic carbocycles. The largest absolute Gasteiger partial charge is 0.468 e. The number of ether oxygens (including phenoxy) is 1. The Balaban J connectivity index is 1.49. The number of nitrogens with one attached hydrogen (secondary N) is 3. The molecule has 0 aliphatic heterocycles. The van der Waals surface area contributed by atoms with E-state index in [1.807, 2.05) is 24.3 Å². The third-order valence-corrected chi connectivity index (χ3v) is 6.19. The maximum absolute atomic E-state index is 12.5. The van der Waals surface area contributed by atoms with Crippen LogP contribution >= 0.6 is 0 Å². The Hall–Kier alpha value is -3.76. The highest BCUT2D eigenvalue weighted by Gasteiger charge is 2.15. The summed E-state index contributed by atoms with van der Waals surface area (Å²) in [6.45, 7) is -0.321. The summed E-state index contributed by atoms with van der Waals surface area (Å²) >= 11 is 0. The summed E-state index contributed by atoms with van der Waals surface area (Å²) in [6.07, 6.45) is -0.0752. The zero-order valence-corrected chi connectivity index (χ0v) is 18.6. The Morgan fingerprint density at radius 3 is 2.30 bits per heavy atom. The van der Waals surface area contributed by atoms with E-state index in [-0.39, 0.29) is 30.3 Å². The Morgan fingerprint density at radius 1 is 0.909 bits per heavy atom. The van der Waals surface area contributed by atoms with Crippen LogP contribution in [0, 0.1) is 0 Å². The van der Waals surface area contributed by atoms with E-state index in [1.165, 1.54) is 37.4 Å². The summed E-state index contributed by atoms with van der Waals surface area (Å²) in [5.41, 5.74) is 0.752. The van der Waals surface area contributed by atoms with Gasteiger partial charge in [-0.3, -0.25) is 14.4 Å². The van der Waals surface area contributed by atoms with Crippen molar-refractivity contribution in [1.82, 2.24) is 10.0 Å². The second kappa shape index (κ2) is 10.7. The van der Waals surface area contributed by atoms with E-state index < -0.39 is 21.9 Å². The van der Waals surface area contributed by atoms with E-state index >= 15 is 0 Å². The predicted octanol–water partition coefficient (Wildman–Crippen LogP) is 2.05. The van der Waals surface area contributed by atoms with E-state index in [9.17, 15) is 22.8 Å². The zero-order chi connectivity index (χ0) is 23.8. The van der Waals surface area contributed by atoms with Crippen molar-refractivity contribution in [2.45, 2.75) is 11.3 Å². The number of amides is 2. The molecule has 0 bridgehead atoms. The van der Waals surface area contributed by atoms with Crippen molar-refractivity contribution in [3.05, 3.63) is 72.3 Å². The van der Waals surface area contributed by atoms with Crippen LogP contribution in [0.4, 0.5) is 5.69 Å². The van der Waals surface area contributed by atoms with Crippen LogP contribution in [0.15, 0.2) is 71.6 Å². The minimum absolute atomic E-state index is 0.0744. The van der Waals surface area contributed by atoms with E-state index in [4.69, 9.17) is 0 Å². The molecule has 0 aromatic heterocycles. The first-order valence-electron chi connectivity index (χ1n) is 10.0. The lowest BCUT2D eigenvalue weighted by Crippen LogP contribution is -2.30. The van der Waals surface area contributed by atoms with Crippen LogP contribution in [-0.4, -0.2) is 46.4 Å². The van der Waals surface area contributed by atoms with Crippen molar-refractivity contribution in [2.75, 3.05) is 25.5 Å². The van der Waals surface area contributed by atoms with Gasteiger partial charge in [0.05, 0.1) is 12.0 Å². The summed E-state index contributed by atoms with van der Waals surface area (Å²) in [5.74, 6) is -1.41. The number of anilines is 1. The van der Waals surface area contributed by atoms with E-state index in [0.717, 1.165) is 10.8 Å². The van der Waals surface area contributed by atoms with E-state index in [2.05, 4.69) is 20.1 Å². The minimum atomic E-state index is -3.76. The summed E-state index contributed by atoms with van der Waals surface area (Å²) < 4.78 is 31.9. The van der Waals surface area contributed by atoms with Gasteiger partial charge in [0.25, 0.3) is 5.91 Å². The third kappa shape index (κ3) is 6.61. The van der Waals surface area contributed by atoms with Gasteiger partial charge < -0.3 is 15.4 Å². The van der Waals surface area contributed by atoms with Crippen molar-refractivity contribution in [3.8, 4) is 0 Å². The van der Waals surface area contributed by atoms with Crippen LogP contribution in [-0.2, 0) is 24.3 Å². The van der Waals surface area contributed by atoms with Crippen molar-refractivity contribution in [2.24, 2.45) is 0 Å². The Kier molecular flexibility index (Phi) is 7.75. The molecule has 0 unspecified atom stereocenters. The fourth-order valence-electron chi connectivity index (χ4n) is 2.97. The number of hydrogen-bond donors (Lipinski definition) is 3. The van der Waals surface area contributed by atoms with Gasteiger partial charge in [0.15, 0.2) is 0 Å². The molecule has 172 valence electrons. The molecule has 2 amide bonds. The molecule has 3 N–H and O–H groups in total. The number of fused-ring (bicyclic) bond motifs is 1. The molecule has 3 aromatic carbocycles. The lowest BCUT2D eigenvalue weighted by atomic mass is 10.1. The molecular weight excluding hydrogens is 446 g/mol. The number of sulfonamides is 1. The monoisotopic (exact) mass is 469 g/mol. The molecule has 3 aromatic rings. The fraction of sp³-hybridized carbons (Fsp3) is 0.174. The molecule has 10 heteroatoms. The van der Waals surface area contributed by atoms with Crippen LogP contribution in [0.1, 0.15) is 16.8 Å². The molecular formula is C23H23N3O6S. The number of esters is 1. The van der Waals surface area contributed by atoms with Crippen LogP contribution in [0.25, 0.3) is 10.8 Å². The van der Waals surface area contributed by atoms with Crippen LogP contribution in [0.2, 0.25) is 0 Å². The SMILES string of the molecule is COC(=O)CNC(=O)c1ccc(NC(=O)CCNS(=O)(=O)c2ccc3ccccc3c2)cc1.